The minimum atomic E-state index is 0.491. The van der Waals surface area contributed by atoms with Gasteiger partial charge in [0.2, 0.25) is 0 Å². The molecule has 96 valence electrons. The van der Waals surface area contributed by atoms with E-state index in [-0.39, 0.29) is 0 Å². The molecule has 0 aliphatic rings. The van der Waals surface area contributed by atoms with Crippen LogP contribution in [0, 0.1) is 6.92 Å². The van der Waals surface area contributed by atoms with Crippen LogP contribution < -0.4 is 5.32 Å². The van der Waals surface area contributed by atoms with Gasteiger partial charge in [-0.1, -0.05) is 35.8 Å². The van der Waals surface area contributed by atoms with E-state index in [2.05, 4.69) is 70.6 Å². The van der Waals surface area contributed by atoms with E-state index in [0.717, 1.165) is 21.7 Å². The van der Waals surface area contributed by atoms with Gasteiger partial charge in [-0.15, -0.1) is 11.3 Å². The summed E-state index contributed by atoms with van der Waals surface area (Å²) in [6.45, 7) is 7.25. The van der Waals surface area contributed by atoms with Crippen molar-refractivity contribution in [3.05, 3.63) is 38.6 Å². The summed E-state index contributed by atoms with van der Waals surface area (Å²) in [6.07, 6.45) is 0. The Bertz CT molecular complexity index is 534. The SMILES string of the molecule is Cc1ccc(Br)cc1-c1csc(CNC(C)C)n1. The fourth-order valence-electron chi connectivity index (χ4n) is 1.68. The third-order valence-electron chi connectivity index (χ3n) is 2.69. The number of aryl methyl sites for hydroxylation is 1. The van der Waals surface area contributed by atoms with E-state index in [4.69, 9.17) is 0 Å². The fraction of sp³-hybridized carbons (Fsp3) is 0.357. The van der Waals surface area contributed by atoms with Gasteiger partial charge in [-0.25, -0.2) is 4.98 Å². The van der Waals surface area contributed by atoms with Gasteiger partial charge in [0.05, 0.1) is 5.69 Å². The summed E-state index contributed by atoms with van der Waals surface area (Å²) in [5, 5.41) is 6.66. The Morgan fingerprint density at radius 3 is 2.89 bits per heavy atom. The first kappa shape index (κ1) is 13.7. The normalized spacial score (nSPS) is 11.2. The number of hydrogen-bond donors (Lipinski definition) is 1. The minimum Gasteiger partial charge on any atom is -0.308 e. The molecule has 0 radical (unpaired) electrons. The first-order chi connectivity index (χ1) is 8.56. The highest BCUT2D eigenvalue weighted by Crippen LogP contribution is 2.27. The van der Waals surface area contributed by atoms with Gasteiger partial charge in [0.15, 0.2) is 0 Å². The molecule has 0 saturated carbocycles. The molecule has 0 bridgehead atoms. The second-order valence-electron chi connectivity index (χ2n) is 4.62. The van der Waals surface area contributed by atoms with E-state index in [1.54, 1.807) is 11.3 Å². The second kappa shape index (κ2) is 5.95. The highest BCUT2D eigenvalue weighted by molar-refractivity contribution is 9.10. The van der Waals surface area contributed by atoms with E-state index in [1.807, 2.05) is 0 Å². The van der Waals surface area contributed by atoms with Crippen LogP contribution in [0.25, 0.3) is 11.3 Å². The molecule has 2 rings (SSSR count). The van der Waals surface area contributed by atoms with Crippen molar-refractivity contribution in [1.82, 2.24) is 10.3 Å². The molecule has 0 unspecified atom stereocenters. The zero-order valence-electron chi connectivity index (χ0n) is 10.8. The summed E-state index contributed by atoms with van der Waals surface area (Å²) in [7, 11) is 0. The van der Waals surface area contributed by atoms with E-state index in [0.29, 0.717) is 6.04 Å². The molecule has 2 aromatic rings. The summed E-state index contributed by atoms with van der Waals surface area (Å²) in [5.74, 6) is 0. The van der Waals surface area contributed by atoms with Crippen molar-refractivity contribution in [3.63, 3.8) is 0 Å². The largest absolute Gasteiger partial charge is 0.308 e. The van der Waals surface area contributed by atoms with Crippen LogP contribution in [0.15, 0.2) is 28.1 Å². The van der Waals surface area contributed by atoms with Crippen LogP contribution in [-0.4, -0.2) is 11.0 Å². The summed E-state index contributed by atoms with van der Waals surface area (Å²) >= 11 is 5.23. The Labute approximate surface area is 121 Å². The lowest BCUT2D eigenvalue weighted by atomic mass is 10.1. The van der Waals surface area contributed by atoms with Crippen molar-refractivity contribution in [3.8, 4) is 11.3 Å². The lowest BCUT2D eigenvalue weighted by molar-refractivity contribution is 0.587. The Hall–Kier alpha value is -0.710. The van der Waals surface area contributed by atoms with E-state index in [1.165, 1.54) is 11.1 Å². The van der Waals surface area contributed by atoms with Gasteiger partial charge in [-0.2, -0.15) is 0 Å². The molecule has 0 amide bonds. The van der Waals surface area contributed by atoms with Gasteiger partial charge in [0.1, 0.15) is 5.01 Å². The average Bonchev–Trinajstić information content (AvgIpc) is 2.78. The van der Waals surface area contributed by atoms with Crippen molar-refractivity contribution >= 4 is 27.3 Å². The second-order valence-corrected chi connectivity index (χ2v) is 6.48. The quantitative estimate of drug-likeness (QED) is 0.902. The maximum absolute atomic E-state index is 4.69. The maximum Gasteiger partial charge on any atom is 0.107 e. The maximum atomic E-state index is 4.69. The number of benzene rings is 1. The number of thiazole rings is 1. The van der Waals surface area contributed by atoms with E-state index < -0.39 is 0 Å². The lowest BCUT2D eigenvalue weighted by Gasteiger charge is -2.05. The zero-order valence-corrected chi connectivity index (χ0v) is 13.2. The first-order valence-electron chi connectivity index (χ1n) is 6.00. The van der Waals surface area contributed by atoms with Crippen molar-refractivity contribution < 1.29 is 0 Å². The van der Waals surface area contributed by atoms with E-state index >= 15 is 0 Å². The number of hydrogen-bond acceptors (Lipinski definition) is 3. The van der Waals surface area contributed by atoms with Crippen LogP contribution in [0.1, 0.15) is 24.4 Å². The Morgan fingerprint density at radius 1 is 1.39 bits per heavy atom. The highest BCUT2D eigenvalue weighted by Gasteiger charge is 2.08. The predicted molar refractivity (Wildman–Crippen MR) is 82.0 cm³/mol. The Balaban J connectivity index is 2.21. The zero-order chi connectivity index (χ0) is 13.1. The molecule has 1 aromatic carbocycles. The molecule has 18 heavy (non-hydrogen) atoms. The highest BCUT2D eigenvalue weighted by atomic mass is 79.9. The van der Waals surface area contributed by atoms with Gasteiger partial charge in [0, 0.05) is 28.0 Å². The number of nitrogens with one attached hydrogen (secondary N) is 1. The standard InChI is InChI=1S/C14H17BrN2S/c1-9(2)16-7-14-17-13(8-18-14)12-6-11(15)5-4-10(12)3/h4-6,8-9,16H,7H2,1-3H3. The van der Waals surface area contributed by atoms with Crippen LogP contribution in [0.5, 0.6) is 0 Å². The summed E-state index contributed by atoms with van der Waals surface area (Å²) in [5.41, 5.74) is 3.53. The molecule has 0 spiro atoms. The van der Waals surface area contributed by atoms with Crippen molar-refractivity contribution in [2.24, 2.45) is 0 Å². The van der Waals surface area contributed by atoms with Crippen LogP contribution in [-0.2, 0) is 6.54 Å². The van der Waals surface area contributed by atoms with Crippen molar-refractivity contribution in [2.75, 3.05) is 0 Å². The van der Waals surface area contributed by atoms with Crippen molar-refractivity contribution in [2.45, 2.75) is 33.4 Å². The minimum absolute atomic E-state index is 0.491. The van der Waals surface area contributed by atoms with Gasteiger partial charge in [-0.3, -0.25) is 0 Å². The fourth-order valence-corrected chi connectivity index (χ4v) is 2.78. The summed E-state index contributed by atoms with van der Waals surface area (Å²) in [6, 6.07) is 6.80. The molecule has 2 nitrogen and oxygen atoms in total. The Morgan fingerprint density at radius 2 is 2.17 bits per heavy atom. The molecule has 1 aromatic heterocycles. The smallest absolute Gasteiger partial charge is 0.107 e. The third kappa shape index (κ3) is 3.40. The topological polar surface area (TPSA) is 24.9 Å². The number of rotatable bonds is 4. The summed E-state index contributed by atoms with van der Waals surface area (Å²) < 4.78 is 1.10. The van der Waals surface area contributed by atoms with Crippen LogP contribution in [0.4, 0.5) is 0 Å². The number of aromatic nitrogens is 1. The van der Waals surface area contributed by atoms with E-state index in [9.17, 15) is 0 Å². The van der Waals surface area contributed by atoms with Gasteiger partial charge < -0.3 is 5.32 Å². The number of halogens is 1. The lowest BCUT2D eigenvalue weighted by Crippen LogP contribution is -2.21. The van der Waals surface area contributed by atoms with Gasteiger partial charge in [-0.05, 0) is 24.6 Å². The molecule has 0 aliphatic carbocycles. The van der Waals surface area contributed by atoms with Crippen LogP contribution in [0.2, 0.25) is 0 Å². The molecule has 4 heteroatoms. The van der Waals surface area contributed by atoms with Gasteiger partial charge >= 0.3 is 0 Å². The predicted octanol–water partition coefficient (Wildman–Crippen LogP) is 4.38. The molecule has 1 heterocycles. The molecule has 0 saturated heterocycles. The average molecular weight is 325 g/mol. The molecule has 0 fully saturated rings. The van der Waals surface area contributed by atoms with Crippen LogP contribution in [0.3, 0.4) is 0 Å². The molecule has 0 atom stereocenters. The summed E-state index contributed by atoms with van der Waals surface area (Å²) in [4.78, 5) is 4.69. The molecular formula is C14H17BrN2S. The van der Waals surface area contributed by atoms with Crippen LogP contribution >= 0.6 is 27.3 Å². The number of nitrogens with zero attached hydrogens (tertiary/aromatic N) is 1. The Kier molecular flexibility index (Phi) is 4.54. The monoisotopic (exact) mass is 324 g/mol. The molecule has 1 N–H and O–H groups in total. The van der Waals surface area contributed by atoms with Gasteiger partial charge in [0.25, 0.3) is 0 Å². The van der Waals surface area contributed by atoms with Crippen molar-refractivity contribution in [1.29, 1.82) is 0 Å². The first-order valence-corrected chi connectivity index (χ1v) is 7.68. The molecule has 0 aliphatic heterocycles. The third-order valence-corrected chi connectivity index (χ3v) is 4.03. The molecular weight excluding hydrogens is 308 g/mol.